The Morgan fingerprint density at radius 2 is 0.947 bits per heavy atom. The third kappa shape index (κ3) is 5.64. The first-order valence-corrected chi connectivity index (χ1v) is 19.1. The van der Waals surface area contributed by atoms with E-state index >= 15 is 0 Å². The fourth-order valence-electron chi connectivity index (χ4n) is 8.27. The molecule has 0 unspecified atom stereocenters. The van der Waals surface area contributed by atoms with E-state index in [2.05, 4.69) is 162 Å². The first-order chi connectivity index (χ1) is 28.3. The normalized spacial score (nSPS) is 11.5. The van der Waals surface area contributed by atoms with Gasteiger partial charge in [-0.2, -0.15) is 0 Å². The van der Waals surface area contributed by atoms with Crippen molar-refractivity contribution in [2.45, 2.75) is 0 Å². The molecule has 8 aromatic carbocycles. The quantitative estimate of drug-likeness (QED) is 0.171. The van der Waals surface area contributed by atoms with Gasteiger partial charge < -0.3 is 4.57 Å². The van der Waals surface area contributed by atoms with Crippen molar-refractivity contribution in [2.75, 3.05) is 0 Å². The van der Waals surface area contributed by atoms with Gasteiger partial charge in [0.25, 0.3) is 0 Å². The summed E-state index contributed by atoms with van der Waals surface area (Å²) < 4.78 is 2.36. The van der Waals surface area contributed by atoms with Gasteiger partial charge in [0.15, 0.2) is 17.5 Å². The highest BCUT2D eigenvalue weighted by Crippen LogP contribution is 2.40. The van der Waals surface area contributed by atoms with Gasteiger partial charge in [-0.1, -0.05) is 152 Å². The summed E-state index contributed by atoms with van der Waals surface area (Å²) in [7, 11) is 0. The van der Waals surface area contributed by atoms with Crippen LogP contribution in [0.2, 0.25) is 0 Å². The van der Waals surface area contributed by atoms with Gasteiger partial charge in [-0.3, -0.25) is 4.98 Å². The maximum Gasteiger partial charge on any atom is 0.164 e. The minimum absolute atomic E-state index is 0.615. The summed E-state index contributed by atoms with van der Waals surface area (Å²) in [6.07, 6.45) is 1.85. The molecule has 0 fully saturated rings. The molecule has 0 aliphatic heterocycles. The van der Waals surface area contributed by atoms with Crippen molar-refractivity contribution in [1.29, 1.82) is 0 Å². The van der Waals surface area contributed by atoms with Gasteiger partial charge in [-0.15, -0.1) is 0 Å². The highest BCUT2D eigenvalue weighted by atomic mass is 15.0. The van der Waals surface area contributed by atoms with Gasteiger partial charge >= 0.3 is 0 Å². The van der Waals surface area contributed by atoms with E-state index in [0.717, 1.165) is 66.3 Å². The first-order valence-electron chi connectivity index (χ1n) is 19.1. The molecule has 11 aromatic rings. The number of fused-ring (bicyclic) bond motifs is 5. The van der Waals surface area contributed by atoms with E-state index < -0.39 is 0 Å². The molecule has 11 rings (SSSR count). The molecule has 0 aliphatic carbocycles. The van der Waals surface area contributed by atoms with E-state index in [0.29, 0.717) is 17.5 Å². The average Bonchev–Trinajstić information content (AvgIpc) is 3.63. The van der Waals surface area contributed by atoms with E-state index in [9.17, 15) is 0 Å². The second-order valence-electron chi connectivity index (χ2n) is 14.3. The van der Waals surface area contributed by atoms with Crippen LogP contribution in [0.25, 0.3) is 106 Å². The summed E-state index contributed by atoms with van der Waals surface area (Å²) >= 11 is 0. The lowest BCUT2D eigenvalue weighted by Gasteiger charge is -2.16. The van der Waals surface area contributed by atoms with Crippen LogP contribution in [0.5, 0.6) is 0 Å². The predicted octanol–water partition coefficient (Wildman–Crippen LogP) is 13.0. The number of pyridine rings is 1. The van der Waals surface area contributed by atoms with Crippen LogP contribution in [0.1, 0.15) is 0 Å². The molecular formula is C52H33N5. The lowest BCUT2D eigenvalue weighted by molar-refractivity contribution is 1.08. The van der Waals surface area contributed by atoms with Crippen LogP contribution in [-0.2, 0) is 0 Å². The number of hydrogen-bond donors (Lipinski definition) is 0. The predicted molar refractivity (Wildman–Crippen MR) is 234 cm³/mol. The summed E-state index contributed by atoms with van der Waals surface area (Å²) in [5.74, 6) is 1.89. The van der Waals surface area contributed by atoms with E-state index in [1.165, 1.54) is 21.8 Å². The van der Waals surface area contributed by atoms with Gasteiger partial charge in [0.05, 0.1) is 16.6 Å². The zero-order valence-corrected chi connectivity index (χ0v) is 30.8. The SMILES string of the molecule is c1ccc(-c2nc(-c3cccc(-c4c(-c5ccc(-n6c7ccccc7c7ccccc76)cc5)ccc5ncccc45)c3)nc(-c3cccc4ccccc34)n2)cc1. The van der Waals surface area contributed by atoms with Gasteiger partial charge in [0.2, 0.25) is 0 Å². The standard InChI is InChI=1S/C52H33N5/c1-2-14-36(15-3-1)50-54-51(56-52(55-50)44-22-11-16-34-13-4-5-19-40(34)44)38-18-10-17-37(33-38)49-41(30-31-46-45(49)23-12-32-53-46)35-26-28-39(29-27-35)57-47-24-8-6-20-42(47)43-21-7-9-25-48(43)57/h1-33H. The second-order valence-corrected chi connectivity index (χ2v) is 14.3. The molecule has 0 saturated carbocycles. The van der Waals surface area contributed by atoms with Crippen LogP contribution in [0.15, 0.2) is 200 Å². The topological polar surface area (TPSA) is 56.5 Å². The molecule has 57 heavy (non-hydrogen) atoms. The van der Waals surface area contributed by atoms with Crippen LogP contribution in [-0.4, -0.2) is 24.5 Å². The molecule has 0 saturated heterocycles. The van der Waals surface area contributed by atoms with Gasteiger partial charge in [-0.25, -0.2) is 15.0 Å². The van der Waals surface area contributed by atoms with Crippen LogP contribution in [0.3, 0.4) is 0 Å². The Morgan fingerprint density at radius 3 is 1.74 bits per heavy atom. The second kappa shape index (κ2) is 13.5. The van der Waals surface area contributed by atoms with E-state index in [1.807, 2.05) is 42.6 Å². The molecule has 0 bridgehead atoms. The highest BCUT2D eigenvalue weighted by Gasteiger charge is 2.18. The largest absolute Gasteiger partial charge is 0.309 e. The smallest absolute Gasteiger partial charge is 0.164 e. The molecule has 0 N–H and O–H groups in total. The molecule has 266 valence electrons. The third-order valence-electron chi connectivity index (χ3n) is 10.9. The first kappa shape index (κ1) is 32.7. The summed E-state index contributed by atoms with van der Waals surface area (Å²) in [4.78, 5) is 20.1. The van der Waals surface area contributed by atoms with Crippen molar-refractivity contribution in [3.8, 4) is 62.1 Å². The number of hydrogen-bond acceptors (Lipinski definition) is 4. The summed E-state index contributed by atoms with van der Waals surface area (Å²) in [6.45, 7) is 0. The fraction of sp³-hybridized carbons (Fsp3) is 0. The maximum atomic E-state index is 5.17. The van der Waals surface area contributed by atoms with E-state index in [1.54, 1.807) is 0 Å². The zero-order valence-electron chi connectivity index (χ0n) is 30.8. The Balaban J connectivity index is 1.06. The number of rotatable bonds is 6. The Morgan fingerprint density at radius 1 is 0.351 bits per heavy atom. The Labute approximate surface area is 329 Å². The lowest BCUT2D eigenvalue weighted by Crippen LogP contribution is -2.00. The van der Waals surface area contributed by atoms with Crippen LogP contribution >= 0.6 is 0 Å². The fourth-order valence-corrected chi connectivity index (χ4v) is 8.27. The molecular weight excluding hydrogens is 695 g/mol. The number of aromatic nitrogens is 5. The third-order valence-corrected chi connectivity index (χ3v) is 10.9. The Bertz CT molecular complexity index is 3240. The van der Waals surface area contributed by atoms with Crippen LogP contribution < -0.4 is 0 Å². The van der Waals surface area contributed by atoms with Crippen LogP contribution in [0, 0.1) is 0 Å². The van der Waals surface area contributed by atoms with Crippen LogP contribution in [0.4, 0.5) is 0 Å². The number of para-hydroxylation sites is 2. The lowest BCUT2D eigenvalue weighted by atomic mass is 9.90. The van der Waals surface area contributed by atoms with Crippen molar-refractivity contribution >= 4 is 43.5 Å². The monoisotopic (exact) mass is 727 g/mol. The van der Waals surface area contributed by atoms with Crippen molar-refractivity contribution in [3.63, 3.8) is 0 Å². The Hall–Kier alpha value is -7.76. The van der Waals surface area contributed by atoms with E-state index in [4.69, 9.17) is 19.9 Å². The summed E-state index contributed by atoms with van der Waals surface area (Å²) in [5, 5.41) is 5.82. The minimum atomic E-state index is 0.615. The molecule has 0 aliphatic rings. The highest BCUT2D eigenvalue weighted by molar-refractivity contribution is 6.09. The molecule has 0 spiro atoms. The average molecular weight is 728 g/mol. The van der Waals surface area contributed by atoms with Gasteiger partial charge in [0, 0.05) is 44.7 Å². The number of benzene rings is 8. The molecule has 5 heteroatoms. The van der Waals surface area contributed by atoms with Crippen molar-refractivity contribution in [2.24, 2.45) is 0 Å². The molecule has 3 aromatic heterocycles. The molecule has 0 atom stereocenters. The minimum Gasteiger partial charge on any atom is -0.309 e. The van der Waals surface area contributed by atoms with Crippen molar-refractivity contribution in [3.05, 3.63) is 200 Å². The van der Waals surface area contributed by atoms with Crippen molar-refractivity contribution in [1.82, 2.24) is 24.5 Å². The Kier molecular flexibility index (Phi) is 7.74. The molecule has 3 heterocycles. The zero-order chi connectivity index (χ0) is 37.7. The maximum absolute atomic E-state index is 5.17. The molecule has 0 amide bonds. The molecule has 5 nitrogen and oxygen atoms in total. The van der Waals surface area contributed by atoms with Gasteiger partial charge in [0.1, 0.15) is 0 Å². The summed E-state index contributed by atoms with van der Waals surface area (Å²) in [5.41, 5.74) is 11.7. The number of nitrogens with zero attached hydrogens (tertiary/aromatic N) is 5. The summed E-state index contributed by atoms with van der Waals surface area (Å²) in [6, 6.07) is 68.0. The van der Waals surface area contributed by atoms with Gasteiger partial charge in [-0.05, 0) is 75.5 Å². The van der Waals surface area contributed by atoms with E-state index in [-0.39, 0.29) is 0 Å². The van der Waals surface area contributed by atoms with Crippen molar-refractivity contribution < 1.29 is 0 Å². The molecule has 0 radical (unpaired) electrons.